The third kappa shape index (κ3) is 4.44. The second kappa shape index (κ2) is 7.63. The summed E-state index contributed by atoms with van der Waals surface area (Å²) in [6.07, 6.45) is 2.83. The van der Waals surface area contributed by atoms with Crippen molar-refractivity contribution in [1.29, 1.82) is 0 Å². The number of carbonyl (C=O) groups is 1. The molecule has 0 aromatic carbocycles. The summed E-state index contributed by atoms with van der Waals surface area (Å²) in [5, 5.41) is 0. The lowest BCUT2D eigenvalue weighted by atomic mass is 10.2. The number of rotatable bonds is 4. The van der Waals surface area contributed by atoms with Gasteiger partial charge in [-0.3, -0.25) is 9.69 Å². The van der Waals surface area contributed by atoms with Crippen molar-refractivity contribution in [2.24, 2.45) is 5.73 Å². The minimum Gasteiger partial charge on any atom is -0.493 e. The Morgan fingerprint density at radius 1 is 1.68 bits per heavy atom. The normalized spacial score (nSPS) is 18.5. The van der Waals surface area contributed by atoms with Crippen LogP contribution in [0.5, 0.6) is 0 Å². The first kappa shape index (κ1) is 15.3. The number of furan rings is 1. The molecule has 1 atom stereocenters. The Labute approximate surface area is 114 Å². The van der Waals surface area contributed by atoms with Gasteiger partial charge in [-0.05, 0) is 38.4 Å². The highest BCUT2D eigenvalue weighted by atomic mass is 16.5. The summed E-state index contributed by atoms with van der Waals surface area (Å²) in [6, 6.07) is 4.59. The standard InChI is InChI=1S/C13H19NO2.CH3NO/c1-10-5-4-8-14(10)9-12-6-7-13(16-12)11(2)15-3;2-1-3/h6-7,10H,2,4-5,8-9H2,1,3H3;1H,(H2,2,3). The highest BCUT2D eigenvalue weighted by molar-refractivity contribution is 5.51. The molecule has 2 heterocycles. The molecule has 5 heteroatoms. The zero-order valence-electron chi connectivity index (χ0n) is 11.6. The van der Waals surface area contributed by atoms with Crippen LogP contribution >= 0.6 is 0 Å². The van der Waals surface area contributed by atoms with Gasteiger partial charge in [0.05, 0.1) is 13.7 Å². The molecule has 1 fully saturated rings. The van der Waals surface area contributed by atoms with Gasteiger partial charge in [0.25, 0.3) is 0 Å². The number of hydrogen-bond donors (Lipinski definition) is 1. The van der Waals surface area contributed by atoms with Crippen LogP contribution in [-0.4, -0.2) is 31.0 Å². The predicted octanol–water partition coefficient (Wildman–Crippen LogP) is 1.98. The lowest BCUT2D eigenvalue weighted by Gasteiger charge is -2.19. The second-order valence-corrected chi connectivity index (χ2v) is 4.49. The molecule has 1 amide bonds. The molecule has 5 nitrogen and oxygen atoms in total. The number of carbonyl (C=O) groups excluding carboxylic acids is 1. The number of likely N-dealkylation sites (tertiary alicyclic amines) is 1. The lowest BCUT2D eigenvalue weighted by molar-refractivity contribution is -0.106. The van der Waals surface area contributed by atoms with Crippen LogP contribution in [0.2, 0.25) is 0 Å². The van der Waals surface area contributed by atoms with Gasteiger partial charge in [0.15, 0.2) is 11.5 Å². The molecule has 0 spiro atoms. The fourth-order valence-corrected chi connectivity index (χ4v) is 2.14. The molecule has 1 aliphatic heterocycles. The molecule has 0 aliphatic carbocycles. The van der Waals surface area contributed by atoms with Crippen molar-refractivity contribution in [3.8, 4) is 0 Å². The van der Waals surface area contributed by atoms with Gasteiger partial charge < -0.3 is 14.9 Å². The Hall–Kier alpha value is -1.75. The van der Waals surface area contributed by atoms with Crippen molar-refractivity contribution in [3.63, 3.8) is 0 Å². The van der Waals surface area contributed by atoms with Gasteiger partial charge in [0.2, 0.25) is 6.41 Å². The number of ether oxygens (including phenoxy) is 1. The van der Waals surface area contributed by atoms with Gasteiger partial charge in [-0.1, -0.05) is 6.58 Å². The van der Waals surface area contributed by atoms with E-state index in [0.717, 1.165) is 18.1 Å². The number of nitrogens with zero attached hydrogens (tertiary/aromatic N) is 1. The lowest BCUT2D eigenvalue weighted by Crippen LogP contribution is -2.25. The largest absolute Gasteiger partial charge is 0.493 e. The fraction of sp³-hybridized carbons (Fsp3) is 0.500. The summed E-state index contributed by atoms with van der Waals surface area (Å²) in [6.45, 7) is 8.10. The average Bonchev–Trinajstić information content (AvgIpc) is 3.00. The molecule has 0 saturated carbocycles. The van der Waals surface area contributed by atoms with Gasteiger partial charge in [0.1, 0.15) is 5.76 Å². The predicted molar refractivity (Wildman–Crippen MR) is 74.1 cm³/mol. The summed E-state index contributed by atoms with van der Waals surface area (Å²) < 4.78 is 10.7. The minimum absolute atomic E-state index is 0.250. The topological polar surface area (TPSA) is 68.7 Å². The van der Waals surface area contributed by atoms with E-state index >= 15 is 0 Å². The molecule has 1 aliphatic rings. The van der Waals surface area contributed by atoms with Crippen molar-refractivity contribution in [1.82, 2.24) is 4.90 Å². The molecular formula is C14H22N2O3. The van der Waals surface area contributed by atoms with E-state index < -0.39 is 0 Å². The van der Waals surface area contributed by atoms with Crippen LogP contribution in [0.3, 0.4) is 0 Å². The molecule has 1 unspecified atom stereocenters. The van der Waals surface area contributed by atoms with Gasteiger partial charge in [0, 0.05) is 6.04 Å². The third-order valence-electron chi connectivity index (χ3n) is 3.23. The third-order valence-corrected chi connectivity index (χ3v) is 3.23. The van der Waals surface area contributed by atoms with E-state index in [4.69, 9.17) is 13.9 Å². The van der Waals surface area contributed by atoms with Crippen molar-refractivity contribution in [2.45, 2.75) is 32.4 Å². The zero-order chi connectivity index (χ0) is 14.3. The summed E-state index contributed by atoms with van der Waals surface area (Å²) >= 11 is 0. The van der Waals surface area contributed by atoms with Gasteiger partial charge >= 0.3 is 0 Å². The minimum atomic E-state index is 0.250. The van der Waals surface area contributed by atoms with Crippen LogP contribution in [-0.2, 0) is 16.1 Å². The Morgan fingerprint density at radius 2 is 2.37 bits per heavy atom. The molecule has 1 aromatic heterocycles. The van der Waals surface area contributed by atoms with Crippen LogP contribution < -0.4 is 5.73 Å². The van der Waals surface area contributed by atoms with E-state index in [1.165, 1.54) is 19.4 Å². The molecule has 0 bridgehead atoms. The molecule has 2 rings (SSSR count). The molecule has 106 valence electrons. The van der Waals surface area contributed by atoms with Gasteiger partial charge in [-0.25, -0.2) is 0 Å². The summed E-state index contributed by atoms with van der Waals surface area (Å²) in [4.78, 5) is 11.0. The van der Waals surface area contributed by atoms with Crippen molar-refractivity contribution in [2.75, 3.05) is 13.7 Å². The first-order chi connectivity index (χ1) is 9.12. The maximum absolute atomic E-state index is 8.58. The Morgan fingerprint density at radius 3 is 2.89 bits per heavy atom. The SMILES string of the molecule is C=C(OC)c1ccc(CN2CCCC2C)o1.NC=O. The summed E-state index contributed by atoms with van der Waals surface area (Å²) in [5.74, 6) is 2.30. The Balaban J connectivity index is 0.000000550. The van der Waals surface area contributed by atoms with Crippen molar-refractivity contribution < 1.29 is 13.9 Å². The van der Waals surface area contributed by atoms with Crippen LogP contribution in [0, 0.1) is 0 Å². The van der Waals surface area contributed by atoms with Crippen molar-refractivity contribution >= 4 is 12.2 Å². The maximum atomic E-state index is 8.58. The second-order valence-electron chi connectivity index (χ2n) is 4.49. The highest BCUT2D eigenvalue weighted by Gasteiger charge is 2.21. The number of nitrogens with two attached hydrogens (primary N) is 1. The van der Waals surface area contributed by atoms with E-state index in [1.54, 1.807) is 7.11 Å². The number of methoxy groups -OCH3 is 1. The van der Waals surface area contributed by atoms with E-state index in [9.17, 15) is 0 Å². The molecule has 2 N–H and O–H groups in total. The number of amides is 1. The highest BCUT2D eigenvalue weighted by Crippen LogP contribution is 2.22. The van der Waals surface area contributed by atoms with E-state index in [0.29, 0.717) is 11.8 Å². The maximum Gasteiger partial charge on any atom is 0.204 e. The number of primary amides is 1. The van der Waals surface area contributed by atoms with Crippen LogP contribution in [0.1, 0.15) is 31.3 Å². The molecule has 0 radical (unpaired) electrons. The quantitative estimate of drug-likeness (QED) is 0.668. The Kier molecular flexibility index (Phi) is 6.15. The van der Waals surface area contributed by atoms with Gasteiger partial charge in [-0.2, -0.15) is 0 Å². The number of hydrogen-bond acceptors (Lipinski definition) is 4. The van der Waals surface area contributed by atoms with E-state index in [2.05, 4.69) is 24.1 Å². The zero-order valence-corrected chi connectivity index (χ0v) is 11.6. The molecule has 1 saturated heterocycles. The summed E-state index contributed by atoms with van der Waals surface area (Å²) in [7, 11) is 1.60. The van der Waals surface area contributed by atoms with Crippen LogP contribution in [0.4, 0.5) is 0 Å². The molecule has 1 aromatic rings. The van der Waals surface area contributed by atoms with E-state index in [1.807, 2.05) is 12.1 Å². The smallest absolute Gasteiger partial charge is 0.204 e. The average molecular weight is 266 g/mol. The van der Waals surface area contributed by atoms with Crippen LogP contribution in [0.25, 0.3) is 5.76 Å². The van der Waals surface area contributed by atoms with Crippen molar-refractivity contribution in [3.05, 3.63) is 30.2 Å². The monoisotopic (exact) mass is 266 g/mol. The van der Waals surface area contributed by atoms with Gasteiger partial charge in [-0.15, -0.1) is 0 Å². The van der Waals surface area contributed by atoms with E-state index in [-0.39, 0.29) is 6.41 Å². The molecule has 19 heavy (non-hydrogen) atoms. The Bertz CT molecular complexity index is 415. The first-order valence-electron chi connectivity index (χ1n) is 6.33. The fourth-order valence-electron chi connectivity index (χ4n) is 2.14. The first-order valence-corrected chi connectivity index (χ1v) is 6.33. The van der Waals surface area contributed by atoms with Crippen LogP contribution in [0.15, 0.2) is 23.1 Å². The summed E-state index contributed by atoms with van der Waals surface area (Å²) in [5.41, 5.74) is 4.17. The molecular weight excluding hydrogens is 244 g/mol.